The lowest BCUT2D eigenvalue weighted by Gasteiger charge is -2.21. The number of carbonyl (C=O) groups is 2. The van der Waals surface area contributed by atoms with Gasteiger partial charge in [-0.1, -0.05) is 13.8 Å². The number of sulfonamides is 1. The number of aromatic carboxylic acids is 1. The Kier molecular flexibility index (Phi) is 4.90. The van der Waals surface area contributed by atoms with Gasteiger partial charge in [0.1, 0.15) is 0 Å². The molecule has 0 aliphatic heterocycles. The third kappa shape index (κ3) is 3.81. The lowest BCUT2D eigenvalue weighted by Crippen LogP contribution is -2.40. The summed E-state index contributed by atoms with van der Waals surface area (Å²) in [7, 11) is -4.10. The summed E-state index contributed by atoms with van der Waals surface area (Å²) in [6, 6.07) is 2.07. The lowest BCUT2D eigenvalue weighted by molar-refractivity contribution is -0.118. The van der Waals surface area contributed by atoms with Gasteiger partial charge in [-0.3, -0.25) is 4.79 Å². The highest BCUT2D eigenvalue weighted by Crippen LogP contribution is 2.19. The van der Waals surface area contributed by atoms with Crippen molar-refractivity contribution >= 4 is 21.9 Å². The van der Waals surface area contributed by atoms with Gasteiger partial charge in [0.2, 0.25) is 16.8 Å². The minimum absolute atomic E-state index is 0.0435. The highest BCUT2D eigenvalue weighted by atomic mass is 32.2. The van der Waals surface area contributed by atoms with Crippen LogP contribution in [0.4, 0.5) is 0 Å². The van der Waals surface area contributed by atoms with Crippen molar-refractivity contribution in [1.82, 2.24) is 4.31 Å². The molecule has 0 unspecified atom stereocenters. The fraction of sp³-hybridized carbons (Fsp3) is 0.455. The first-order chi connectivity index (χ1) is 9.14. The number of amides is 1. The Morgan fingerprint density at radius 2 is 2.00 bits per heavy atom. The molecular weight excluding hydrogens is 288 g/mol. The van der Waals surface area contributed by atoms with E-state index in [9.17, 15) is 18.0 Å². The van der Waals surface area contributed by atoms with Crippen LogP contribution in [0.15, 0.2) is 21.6 Å². The first-order valence-electron chi connectivity index (χ1n) is 5.76. The van der Waals surface area contributed by atoms with Crippen molar-refractivity contribution in [3.63, 3.8) is 0 Å². The molecule has 1 aromatic heterocycles. The number of primary amides is 1. The minimum Gasteiger partial charge on any atom is -0.475 e. The lowest BCUT2D eigenvalue weighted by atomic mass is 10.2. The maximum atomic E-state index is 12.3. The van der Waals surface area contributed by atoms with Gasteiger partial charge in [0, 0.05) is 6.54 Å². The molecule has 0 fully saturated rings. The number of rotatable bonds is 7. The number of carbonyl (C=O) groups excluding carboxylic acids is 1. The number of hydrogen-bond donors (Lipinski definition) is 2. The van der Waals surface area contributed by atoms with Gasteiger partial charge in [0.15, 0.2) is 0 Å². The first-order valence-corrected chi connectivity index (χ1v) is 7.20. The van der Waals surface area contributed by atoms with Gasteiger partial charge < -0.3 is 15.3 Å². The Labute approximate surface area is 116 Å². The molecule has 0 aliphatic rings. The second-order valence-corrected chi connectivity index (χ2v) is 6.45. The standard InChI is InChI=1S/C11H16N2O6S/c1-7(2)5-13(6-9(12)14)20(17,18)10-4-3-8(19-10)11(15)16/h3-4,7H,5-6H2,1-2H3,(H2,12,14)(H,15,16). The Hall–Kier alpha value is -1.87. The molecule has 1 rings (SSSR count). The third-order valence-corrected chi connectivity index (χ3v) is 3.97. The highest BCUT2D eigenvalue weighted by Gasteiger charge is 2.30. The van der Waals surface area contributed by atoms with Crippen molar-refractivity contribution in [3.8, 4) is 0 Å². The summed E-state index contributed by atoms with van der Waals surface area (Å²) in [5.41, 5.74) is 5.03. The molecule has 1 amide bonds. The van der Waals surface area contributed by atoms with Gasteiger partial charge in [-0.15, -0.1) is 0 Å². The van der Waals surface area contributed by atoms with Crippen molar-refractivity contribution in [3.05, 3.63) is 17.9 Å². The summed E-state index contributed by atoms with van der Waals surface area (Å²) < 4.78 is 30.2. The molecule has 0 saturated carbocycles. The minimum atomic E-state index is -4.10. The maximum absolute atomic E-state index is 12.3. The summed E-state index contributed by atoms with van der Waals surface area (Å²) in [5, 5.41) is 8.19. The van der Waals surface area contributed by atoms with E-state index in [4.69, 9.17) is 15.3 Å². The van der Waals surface area contributed by atoms with Crippen LogP contribution in [0.1, 0.15) is 24.4 Å². The molecule has 8 nitrogen and oxygen atoms in total. The molecule has 0 saturated heterocycles. The molecule has 1 aromatic rings. The molecule has 0 aliphatic carbocycles. The van der Waals surface area contributed by atoms with Crippen LogP contribution in [0.3, 0.4) is 0 Å². The molecule has 112 valence electrons. The number of hydrogen-bond acceptors (Lipinski definition) is 5. The smallest absolute Gasteiger partial charge is 0.371 e. The number of furan rings is 1. The van der Waals surface area contributed by atoms with Gasteiger partial charge in [-0.2, -0.15) is 4.31 Å². The molecule has 0 aromatic carbocycles. The molecule has 0 bridgehead atoms. The van der Waals surface area contributed by atoms with Crippen LogP contribution in [-0.4, -0.2) is 42.8 Å². The van der Waals surface area contributed by atoms with Crippen molar-refractivity contribution in [1.29, 1.82) is 0 Å². The van der Waals surface area contributed by atoms with Crippen molar-refractivity contribution in [2.45, 2.75) is 18.9 Å². The van der Waals surface area contributed by atoms with Gasteiger partial charge >= 0.3 is 5.97 Å². The second kappa shape index (κ2) is 6.06. The van der Waals surface area contributed by atoms with Gasteiger partial charge in [0.05, 0.1) is 6.54 Å². The van der Waals surface area contributed by atoms with Crippen molar-refractivity contribution < 1.29 is 27.5 Å². The van der Waals surface area contributed by atoms with E-state index in [1.54, 1.807) is 13.8 Å². The molecule has 20 heavy (non-hydrogen) atoms. The Bertz CT molecular complexity index is 604. The van der Waals surface area contributed by atoms with E-state index in [0.29, 0.717) is 0 Å². The predicted octanol–water partition coefficient (Wildman–Crippen LogP) is 0.110. The fourth-order valence-corrected chi connectivity index (χ4v) is 3.01. The molecule has 0 atom stereocenters. The van der Waals surface area contributed by atoms with E-state index in [1.165, 1.54) is 0 Å². The van der Waals surface area contributed by atoms with Crippen LogP contribution in [-0.2, 0) is 14.8 Å². The normalized spacial score (nSPS) is 12.0. The zero-order valence-electron chi connectivity index (χ0n) is 11.1. The highest BCUT2D eigenvalue weighted by molar-refractivity contribution is 7.89. The second-order valence-electron chi connectivity index (χ2n) is 4.58. The number of nitrogens with two attached hydrogens (primary N) is 1. The van der Waals surface area contributed by atoms with Crippen LogP contribution in [0.25, 0.3) is 0 Å². The predicted molar refractivity (Wildman–Crippen MR) is 68.5 cm³/mol. The maximum Gasteiger partial charge on any atom is 0.371 e. The molecule has 3 N–H and O–H groups in total. The van der Waals surface area contributed by atoms with E-state index in [0.717, 1.165) is 16.4 Å². The topological polar surface area (TPSA) is 131 Å². The first kappa shape index (κ1) is 16.2. The van der Waals surface area contributed by atoms with Crippen LogP contribution in [0, 0.1) is 5.92 Å². The number of carboxylic acid groups (broad SMARTS) is 1. The summed E-state index contributed by atoms with van der Waals surface area (Å²) >= 11 is 0. The average Bonchev–Trinajstić information content (AvgIpc) is 2.76. The van der Waals surface area contributed by atoms with Crippen LogP contribution < -0.4 is 5.73 Å². The Morgan fingerprint density at radius 1 is 1.40 bits per heavy atom. The third-order valence-electron chi connectivity index (χ3n) is 2.29. The van der Waals surface area contributed by atoms with Gasteiger partial charge in [-0.05, 0) is 18.1 Å². The van der Waals surface area contributed by atoms with E-state index in [2.05, 4.69) is 0 Å². The molecule has 0 radical (unpaired) electrons. The monoisotopic (exact) mass is 304 g/mol. The van der Waals surface area contributed by atoms with Crippen LogP contribution >= 0.6 is 0 Å². The molecule has 9 heteroatoms. The van der Waals surface area contributed by atoms with Crippen molar-refractivity contribution in [2.75, 3.05) is 13.1 Å². The van der Waals surface area contributed by atoms with E-state index in [-0.39, 0.29) is 12.5 Å². The summed E-state index contributed by atoms with van der Waals surface area (Å²) in [4.78, 5) is 21.7. The number of carboxylic acids is 1. The molecular formula is C11H16N2O6S. The van der Waals surface area contributed by atoms with Gasteiger partial charge in [0.25, 0.3) is 10.0 Å². The van der Waals surface area contributed by atoms with E-state index in [1.807, 2.05) is 0 Å². The van der Waals surface area contributed by atoms with Crippen LogP contribution in [0.5, 0.6) is 0 Å². The summed E-state index contributed by atoms with van der Waals surface area (Å²) in [5.74, 6) is -2.72. The zero-order chi connectivity index (χ0) is 15.5. The summed E-state index contributed by atoms with van der Waals surface area (Å²) in [6.07, 6.45) is 0. The zero-order valence-corrected chi connectivity index (χ0v) is 11.9. The Morgan fingerprint density at radius 3 is 2.40 bits per heavy atom. The number of nitrogens with zero attached hydrogens (tertiary/aromatic N) is 1. The quantitative estimate of drug-likeness (QED) is 0.735. The summed E-state index contributed by atoms with van der Waals surface area (Å²) in [6.45, 7) is 3.11. The van der Waals surface area contributed by atoms with Crippen LogP contribution in [0.2, 0.25) is 0 Å². The van der Waals surface area contributed by atoms with Crippen molar-refractivity contribution in [2.24, 2.45) is 11.7 Å². The molecule has 1 heterocycles. The fourth-order valence-electron chi connectivity index (χ4n) is 1.53. The van der Waals surface area contributed by atoms with E-state index >= 15 is 0 Å². The van der Waals surface area contributed by atoms with Gasteiger partial charge in [-0.25, -0.2) is 13.2 Å². The SMILES string of the molecule is CC(C)CN(CC(N)=O)S(=O)(=O)c1ccc(C(=O)O)o1. The average molecular weight is 304 g/mol. The largest absolute Gasteiger partial charge is 0.475 e. The Balaban J connectivity index is 3.13. The van der Waals surface area contributed by atoms with E-state index < -0.39 is 39.3 Å². The molecule has 0 spiro atoms.